The highest BCUT2D eigenvalue weighted by molar-refractivity contribution is 6.12. The molecule has 0 saturated carbocycles. The largest absolute Gasteiger partial charge is 0.455 e. The lowest BCUT2D eigenvalue weighted by molar-refractivity contribution is 0.660. The van der Waals surface area contributed by atoms with Gasteiger partial charge in [0.15, 0.2) is 0 Å². The fraction of sp³-hybridized carbons (Fsp3) is 0.0680. The van der Waals surface area contributed by atoms with Gasteiger partial charge in [-0.25, -0.2) is 0 Å². The Morgan fingerprint density at radius 2 is 0.579 bits per heavy atom. The molecule has 4 nitrogen and oxygen atoms in total. The molecule has 0 saturated heterocycles. The molecule has 0 N–H and O–H groups in total. The number of rotatable bonds is 10. The van der Waals surface area contributed by atoms with Crippen molar-refractivity contribution < 1.29 is 8.83 Å². The third-order valence-corrected chi connectivity index (χ3v) is 24.3. The fourth-order valence-electron chi connectivity index (χ4n) is 19.3. The van der Waals surface area contributed by atoms with Crippen LogP contribution in [-0.2, 0) is 16.2 Å². The van der Waals surface area contributed by atoms with Crippen LogP contribution in [0.4, 0.5) is 34.1 Å². The number of para-hydroxylation sites is 4. The Morgan fingerprint density at radius 3 is 1.17 bits per heavy atom. The highest BCUT2D eigenvalue weighted by Crippen LogP contribution is 2.65. The number of anilines is 6. The molecule has 22 rings (SSSR count). The molecule has 4 aliphatic rings. The average Bonchev–Trinajstić information content (AvgIpc) is 1.51. The van der Waals surface area contributed by atoms with E-state index in [-0.39, 0.29) is 10.8 Å². The van der Waals surface area contributed by atoms with Crippen LogP contribution < -0.4 is 9.80 Å². The van der Waals surface area contributed by atoms with Gasteiger partial charge in [0, 0.05) is 77.5 Å². The lowest BCUT2D eigenvalue weighted by Crippen LogP contribution is -2.26. The Kier molecular flexibility index (Phi) is 13.1. The Morgan fingerprint density at radius 1 is 0.206 bits per heavy atom. The molecule has 0 aliphatic heterocycles. The SMILES string of the molecule is CC1(C)c2ccccc2-c2ccc(N(c3ccc(-c4cccc5c4oc4ccccc45)cc3)c3ccc(-c4cccc5c4oc4cc(-c6ccc7c(c6)-c6ccccc6C76c7ccccc7-c7ccc(N(c8ccc9c(c8)C(C)(C)c8ccccc8-9)c8ccccc8-c8ccccc8)cc76)ccc45)cc3)cc21. The maximum atomic E-state index is 7.15. The molecule has 107 heavy (non-hydrogen) atoms. The molecule has 4 aliphatic carbocycles. The van der Waals surface area contributed by atoms with Crippen molar-refractivity contribution >= 4 is 78.0 Å². The van der Waals surface area contributed by atoms with E-state index in [1.165, 1.54) is 100 Å². The van der Waals surface area contributed by atoms with Crippen LogP contribution in [0.25, 0.3) is 133 Å². The second-order valence-corrected chi connectivity index (χ2v) is 30.6. The Bertz CT molecular complexity index is 6770. The summed E-state index contributed by atoms with van der Waals surface area (Å²) in [5.74, 6) is 0. The summed E-state index contributed by atoms with van der Waals surface area (Å²) in [5, 5.41) is 4.42. The first-order chi connectivity index (χ1) is 52.6. The van der Waals surface area contributed by atoms with Crippen LogP contribution in [0.5, 0.6) is 0 Å². The summed E-state index contributed by atoms with van der Waals surface area (Å²) in [6.45, 7) is 9.47. The van der Waals surface area contributed by atoms with Crippen molar-refractivity contribution in [2.24, 2.45) is 0 Å². The van der Waals surface area contributed by atoms with Crippen molar-refractivity contribution in [3.05, 3.63) is 396 Å². The maximum absolute atomic E-state index is 7.15. The van der Waals surface area contributed by atoms with Gasteiger partial charge in [0.25, 0.3) is 0 Å². The van der Waals surface area contributed by atoms with Crippen LogP contribution >= 0.6 is 0 Å². The summed E-state index contributed by atoms with van der Waals surface area (Å²) in [6.07, 6.45) is 0. The number of furan rings is 2. The van der Waals surface area contributed by atoms with Crippen molar-refractivity contribution in [1.82, 2.24) is 0 Å². The maximum Gasteiger partial charge on any atom is 0.143 e. The summed E-state index contributed by atoms with van der Waals surface area (Å²) in [7, 11) is 0. The standard InChI is InChI=1S/C103H70N2O2/c1-101(2)88-34-14-8-25-76(88)80-54-50-70(60-93(80)101)104(68-46-40-64(41-47-68)74-30-20-32-85-83-29-13-19-39-97(83)106-99(74)85)69-48-42-65(43-49-69)75-31-21-33-86-84-53-44-67(59-98(84)107-100(75)86)66-45-57-92-87(58-66)79-28-11-17-37-91(79)103(92)90-36-16-10-27-78(90)82-56-52-72(62-95(82)103)105(96-38-18-12-24-73(96)63-22-6-5-7-23-63)71-51-55-81-77-26-9-15-35-89(77)102(3,4)94(81)61-71/h5-62H,1-4H3. The monoisotopic (exact) mass is 1370 g/mol. The zero-order valence-corrected chi connectivity index (χ0v) is 59.7. The van der Waals surface area contributed by atoms with Crippen LogP contribution in [0.2, 0.25) is 0 Å². The number of benzene rings is 16. The van der Waals surface area contributed by atoms with E-state index in [9.17, 15) is 0 Å². The predicted molar refractivity (Wildman–Crippen MR) is 444 cm³/mol. The topological polar surface area (TPSA) is 32.8 Å². The van der Waals surface area contributed by atoms with Crippen molar-refractivity contribution in [2.75, 3.05) is 9.80 Å². The minimum atomic E-state index is -0.598. The van der Waals surface area contributed by atoms with Crippen LogP contribution in [-0.4, -0.2) is 0 Å². The summed E-state index contributed by atoms with van der Waals surface area (Å²) >= 11 is 0. The van der Waals surface area contributed by atoms with E-state index in [1.807, 2.05) is 6.07 Å². The van der Waals surface area contributed by atoms with Gasteiger partial charge < -0.3 is 18.6 Å². The highest BCUT2D eigenvalue weighted by atomic mass is 16.3. The van der Waals surface area contributed by atoms with E-state index >= 15 is 0 Å². The predicted octanol–water partition coefficient (Wildman–Crippen LogP) is 28.0. The molecule has 4 heteroatoms. The first-order valence-corrected chi connectivity index (χ1v) is 37.4. The van der Waals surface area contributed by atoms with E-state index in [4.69, 9.17) is 8.83 Å². The molecular formula is C103H70N2O2. The second-order valence-electron chi connectivity index (χ2n) is 30.6. The fourth-order valence-corrected chi connectivity index (χ4v) is 19.3. The van der Waals surface area contributed by atoms with Crippen molar-refractivity contribution in [1.29, 1.82) is 0 Å². The van der Waals surface area contributed by atoms with E-state index in [0.29, 0.717) is 0 Å². The average molecular weight is 1370 g/mol. The molecule has 2 aromatic heterocycles. The van der Waals surface area contributed by atoms with Gasteiger partial charge in [-0.2, -0.15) is 0 Å². The zero-order valence-electron chi connectivity index (χ0n) is 59.7. The smallest absolute Gasteiger partial charge is 0.143 e. The Labute approximate surface area is 622 Å². The van der Waals surface area contributed by atoms with Crippen molar-refractivity contribution in [2.45, 2.75) is 43.9 Å². The normalized spacial score (nSPS) is 14.9. The van der Waals surface area contributed by atoms with Gasteiger partial charge in [-0.15, -0.1) is 0 Å². The van der Waals surface area contributed by atoms with E-state index in [1.54, 1.807) is 0 Å². The van der Waals surface area contributed by atoms with Gasteiger partial charge in [0.05, 0.1) is 11.1 Å². The molecule has 0 radical (unpaired) electrons. The van der Waals surface area contributed by atoms with Gasteiger partial charge in [0.2, 0.25) is 0 Å². The lowest BCUT2D eigenvalue weighted by Gasteiger charge is -2.33. The van der Waals surface area contributed by atoms with Gasteiger partial charge in [-0.3, -0.25) is 0 Å². The van der Waals surface area contributed by atoms with Gasteiger partial charge in [0.1, 0.15) is 22.3 Å². The Hall–Kier alpha value is -13.3. The molecule has 2 heterocycles. The first kappa shape index (κ1) is 61.2. The molecule has 18 aromatic rings. The third kappa shape index (κ3) is 8.85. The summed E-state index contributed by atoms with van der Waals surface area (Å²) in [5.41, 5.74) is 38.8. The number of fused-ring (bicyclic) bond motifs is 22. The Balaban J connectivity index is 0.632. The molecule has 0 amide bonds. The zero-order chi connectivity index (χ0) is 71.0. The first-order valence-electron chi connectivity index (χ1n) is 37.4. The third-order valence-electron chi connectivity index (χ3n) is 24.3. The number of hydrogen-bond acceptors (Lipinski definition) is 4. The van der Waals surface area contributed by atoms with Crippen LogP contribution in [0.15, 0.2) is 361 Å². The highest BCUT2D eigenvalue weighted by Gasteiger charge is 2.52. The summed E-state index contributed by atoms with van der Waals surface area (Å²) in [4.78, 5) is 4.92. The van der Waals surface area contributed by atoms with Crippen LogP contribution in [0.1, 0.15) is 72.2 Å². The number of nitrogens with zero attached hydrogens (tertiary/aromatic N) is 2. The van der Waals surface area contributed by atoms with Gasteiger partial charge >= 0.3 is 0 Å². The molecule has 1 atom stereocenters. The van der Waals surface area contributed by atoms with Crippen molar-refractivity contribution in [3.63, 3.8) is 0 Å². The molecule has 504 valence electrons. The molecule has 1 spiro atoms. The van der Waals surface area contributed by atoms with E-state index < -0.39 is 5.41 Å². The molecule has 16 aromatic carbocycles. The van der Waals surface area contributed by atoms with Gasteiger partial charge in [-0.1, -0.05) is 289 Å². The minimum absolute atomic E-state index is 0.170. The number of hydrogen-bond donors (Lipinski definition) is 0. The summed E-state index contributed by atoms with van der Waals surface area (Å²) < 4.78 is 13.7. The molecular weight excluding hydrogens is 1300 g/mol. The van der Waals surface area contributed by atoms with E-state index in [0.717, 1.165) is 111 Å². The lowest BCUT2D eigenvalue weighted by atomic mass is 9.70. The minimum Gasteiger partial charge on any atom is -0.455 e. The van der Waals surface area contributed by atoms with E-state index in [2.05, 4.69) is 383 Å². The molecule has 0 fully saturated rings. The second kappa shape index (κ2) is 22.9. The molecule has 1 unspecified atom stereocenters. The van der Waals surface area contributed by atoms with Crippen molar-refractivity contribution in [3.8, 4) is 89.0 Å². The van der Waals surface area contributed by atoms with Crippen LogP contribution in [0, 0.1) is 0 Å². The van der Waals surface area contributed by atoms with Gasteiger partial charge in [-0.05, 0) is 208 Å². The quantitative estimate of drug-likeness (QED) is 0.137. The molecule has 0 bridgehead atoms. The van der Waals surface area contributed by atoms with Crippen LogP contribution in [0.3, 0.4) is 0 Å². The summed E-state index contributed by atoms with van der Waals surface area (Å²) in [6, 6.07) is 131.